The fourth-order valence-electron chi connectivity index (χ4n) is 4.16. The van der Waals surface area contributed by atoms with Crippen LogP contribution in [0.3, 0.4) is 0 Å². The van der Waals surface area contributed by atoms with Crippen LogP contribution in [0.2, 0.25) is 0 Å². The SMILES string of the molecule is CCCCCCCCCCCCCCC/C=C/C(CCCCCCCC)COS(=O)(=O)[O-].[Na+]. The first-order valence-electron chi connectivity index (χ1n) is 13.8. The maximum Gasteiger partial charge on any atom is 1.00 e. The Bertz CT molecular complexity index is 508. The van der Waals surface area contributed by atoms with Crippen molar-refractivity contribution < 1.29 is 46.7 Å². The molecule has 33 heavy (non-hydrogen) atoms. The first-order valence-corrected chi connectivity index (χ1v) is 15.1. The maximum atomic E-state index is 10.8. The second-order valence-electron chi connectivity index (χ2n) is 9.47. The molecular formula is C27H53NaO4S. The zero-order chi connectivity index (χ0) is 23.8. The van der Waals surface area contributed by atoms with E-state index in [0.717, 1.165) is 25.7 Å². The zero-order valence-corrected chi connectivity index (χ0v) is 25.1. The Morgan fingerprint density at radius 3 is 1.48 bits per heavy atom. The van der Waals surface area contributed by atoms with Crippen LogP contribution in [-0.4, -0.2) is 19.6 Å². The van der Waals surface area contributed by atoms with Crippen LogP contribution in [0.25, 0.3) is 0 Å². The molecule has 0 rings (SSSR count). The van der Waals surface area contributed by atoms with Crippen LogP contribution in [0, 0.1) is 5.92 Å². The van der Waals surface area contributed by atoms with E-state index in [4.69, 9.17) is 0 Å². The molecule has 0 aromatic carbocycles. The van der Waals surface area contributed by atoms with Gasteiger partial charge in [0.25, 0.3) is 0 Å². The molecular weight excluding hydrogens is 443 g/mol. The number of hydrogen-bond acceptors (Lipinski definition) is 4. The topological polar surface area (TPSA) is 66.4 Å². The Morgan fingerprint density at radius 1 is 0.667 bits per heavy atom. The van der Waals surface area contributed by atoms with Crippen LogP contribution in [-0.2, 0) is 14.6 Å². The average molecular weight is 497 g/mol. The minimum absolute atomic E-state index is 0. The molecule has 0 aromatic rings. The molecule has 0 spiro atoms. The summed E-state index contributed by atoms with van der Waals surface area (Å²) in [6, 6.07) is 0. The van der Waals surface area contributed by atoms with E-state index in [9.17, 15) is 13.0 Å². The third-order valence-electron chi connectivity index (χ3n) is 6.24. The first-order chi connectivity index (χ1) is 15.5. The smallest absolute Gasteiger partial charge is 0.726 e. The van der Waals surface area contributed by atoms with Crippen molar-refractivity contribution in [3.8, 4) is 0 Å². The molecule has 0 radical (unpaired) electrons. The Morgan fingerprint density at radius 2 is 1.06 bits per heavy atom. The first kappa shape index (κ1) is 35.8. The second kappa shape index (κ2) is 27.2. The molecule has 0 aliphatic carbocycles. The van der Waals surface area contributed by atoms with Gasteiger partial charge in [-0.15, -0.1) is 0 Å². The summed E-state index contributed by atoms with van der Waals surface area (Å²) in [4.78, 5) is 0. The molecule has 0 saturated carbocycles. The summed E-state index contributed by atoms with van der Waals surface area (Å²) in [7, 11) is -4.61. The summed E-state index contributed by atoms with van der Waals surface area (Å²) in [5.41, 5.74) is 0. The van der Waals surface area contributed by atoms with Crippen molar-refractivity contribution in [3.63, 3.8) is 0 Å². The minimum atomic E-state index is -4.61. The molecule has 1 unspecified atom stereocenters. The molecule has 6 heteroatoms. The summed E-state index contributed by atoms with van der Waals surface area (Å²) in [5, 5.41) is 0. The molecule has 4 nitrogen and oxygen atoms in total. The third kappa shape index (κ3) is 30.6. The predicted octanol–water partition coefficient (Wildman–Crippen LogP) is 5.87. The number of allylic oxidation sites excluding steroid dienone is 1. The molecule has 192 valence electrons. The largest absolute Gasteiger partial charge is 1.00 e. The summed E-state index contributed by atoms with van der Waals surface area (Å²) >= 11 is 0. The second-order valence-corrected chi connectivity index (χ2v) is 10.5. The van der Waals surface area contributed by atoms with Crippen LogP contribution < -0.4 is 29.6 Å². The van der Waals surface area contributed by atoms with E-state index in [1.165, 1.54) is 109 Å². The quantitative estimate of drug-likeness (QED) is 0.0521. The van der Waals surface area contributed by atoms with Crippen LogP contribution in [0.1, 0.15) is 149 Å². The van der Waals surface area contributed by atoms with Gasteiger partial charge < -0.3 is 4.55 Å². The van der Waals surface area contributed by atoms with Gasteiger partial charge in [-0.2, -0.15) is 0 Å². The van der Waals surface area contributed by atoms with Crippen molar-refractivity contribution in [2.75, 3.05) is 6.61 Å². The van der Waals surface area contributed by atoms with Crippen LogP contribution in [0.15, 0.2) is 12.2 Å². The molecule has 0 aromatic heterocycles. The molecule has 0 aliphatic rings. The van der Waals surface area contributed by atoms with Gasteiger partial charge in [0, 0.05) is 5.92 Å². The molecule has 0 amide bonds. The fourth-order valence-corrected chi connectivity index (χ4v) is 4.50. The van der Waals surface area contributed by atoms with Crippen molar-refractivity contribution in [1.82, 2.24) is 0 Å². The Balaban J connectivity index is 0. The summed E-state index contributed by atoms with van der Waals surface area (Å²) in [6.45, 7) is 4.46. The Kier molecular flexibility index (Phi) is 29.5. The van der Waals surface area contributed by atoms with Crippen LogP contribution >= 0.6 is 0 Å². The van der Waals surface area contributed by atoms with Gasteiger partial charge in [-0.3, -0.25) is 4.18 Å². The zero-order valence-electron chi connectivity index (χ0n) is 22.3. The normalized spacial score (nSPS) is 12.8. The van der Waals surface area contributed by atoms with Gasteiger partial charge in [-0.05, 0) is 19.3 Å². The summed E-state index contributed by atoms with van der Waals surface area (Å²) < 4.78 is 36.9. The molecule has 0 N–H and O–H groups in total. The van der Waals surface area contributed by atoms with Gasteiger partial charge in [-0.1, -0.05) is 142 Å². The monoisotopic (exact) mass is 496 g/mol. The number of rotatable bonds is 25. The fraction of sp³-hybridized carbons (Fsp3) is 0.926. The Hall–Kier alpha value is 0.610. The van der Waals surface area contributed by atoms with Crippen molar-refractivity contribution in [3.05, 3.63) is 12.2 Å². The van der Waals surface area contributed by atoms with Crippen LogP contribution in [0.4, 0.5) is 0 Å². The van der Waals surface area contributed by atoms with Crippen molar-refractivity contribution in [2.24, 2.45) is 5.92 Å². The summed E-state index contributed by atoms with van der Waals surface area (Å²) in [5.74, 6) is 0.0203. The number of unbranched alkanes of at least 4 members (excludes halogenated alkanes) is 18. The van der Waals surface area contributed by atoms with E-state index in [1.54, 1.807) is 0 Å². The molecule has 0 saturated heterocycles. The predicted molar refractivity (Wildman–Crippen MR) is 137 cm³/mol. The van der Waals surface area contributed by atoms with Gasteiger partial charge in [0.15, 0.2) is 0 Å². The maximum absolute atomic E-state index is 10.8. The molecule has 0 heterocycles. The average Bonchev–Trinajstić information content (AvgIpc) is 2.75. The van der Waals surface area contributed by atoms with Gasteiger partial charge >= 0.3 is 29.6 Å². The van der Waals surface area contributed by atoms with E-state index < -0.39 is 10.4 Å². The Labute approximate surface area is 229 Å². The van der Waals surface area contributed by atoms with E-state index >= 15 is 0 Å². The van der Waals surface area contributed by atoms with Crippen LogP contribution in [0.5, 0.6) is 0 Å². The van der Waals surface area contributed by atoms with E-state index in [-0.39, 0.29) is 42.1 Å². The van der Waals surface area contributed by atoms with Crippen molar-refractivity contribution in [2.45, 2.75) is 149 Å². The van der Waals surface area contributed by atoms with E-state index in [0.29, 0.717) is 0 Å². The van der Waals surface area contributed by atoms with Crippen molar-refractivity contribution >= 4 is 10.4 Å². The standard InChI is InChI=1S/C27H54O4S.Na/c1-3-5-7-9-11-12-13-14-15-16-17-18-19-21-23-25-27(26-31-32(28,29)30)24-22-20-10-8-6-4-2;/h23,25,27H,3-22,24,26H2,1-2H3,(H,28,29,30);/q;+1/p-1/b25-23+;. The number of hydrogen-bond donors (Lipinski definition) is 0. The molecule has 0 bridgehead atoms. The molecule has 0 aliphatic heterocycles. The summed E-state index contributed by atoms with van der Waals surface area (Å²) in [6.07, 6.45) is 31.0. The van der Waals surface area contributed by atoms with Crippen molar-refractivity contribution in [1.29, 1.82) is 0 Å². The van der Waals surface area contributed by atoms with E-state index in [2.05, 4.69) is 30.2 Å². The van der Waals surface area contributed by atoms with Gasteiger partial charge in [0.2, 0.25) is 10.4 Å². The van der Waals surface area contributed by atoms with E-state index in [1.807, 2.05) is 0 Å². The third-order valence-corrected chi connectivity index (χ3v) is 6.66. The minimum Gasteiger partial charge on any atom is -0.726 e. The van der Waals surface area contributed by atoms with Gasteiger partial charge in [0.05, 0.1) is 6.61 Å². The van der Waals surface area contributed by atoms with Gasteiger partial charge in [0.1, 0.15) is 0 Å². The van der Waals surface area contributed by atoms with Gasteiger partial charge in [-0.25, -0.2) is 8.42 Å². The molecule has 1 atom stereocenters. The molecule has 0 fully saturated rings.